The third kappa shape index (κ3) is 3.66. The second-order valence-corrected chi connectivity index (χ2v) is 4.50. The number of hydrogen-bond donors (Lipinski definition) is 2. The van der Waals surface area contributed by atoms with Gasteiger partial charge in [0, 0.05) is 11.4 Å². The molecule has 0 aromatic heterocycles. The predicted octanol–water partition coefficient (Wildman–Crippen LogP) is 3.01. The first-order valence-corrected chi connectivity index (χ1v) is 6.03. The van der Waals surface area contributed by atoms with Gasteiger partial charge in [0.1, 0.15) is 0 Å². The van der Waals surface area contributed by atoms with Crippen molar-refractivity contribution in [1.82, 2.24) is 0 Å². The first-order valence-electron chi connectivity index (χ1n) is 6.03. The monoisotopic (exact) mass is 234 g/mol. The normalized spacial score (nSPS) is 15.8. The molecule has 0 radical (unpaired) electrons. The number of nitrogens with two attached hydrogens (primary N) is 1. The van der Waals surface area contributed by atoms with Gasteiger partial charge in [0.05, 0.1) is 6.61 Å². The lowest BCUT2D eigenvalue weighted by atomic mass is 10.1. The Balaban J connectivity index is 1.74. The maximum absolute atomic E-state index is 11.5. The van der Waals surface area contributed by atoms with Gasteiger partial charge in [-0.2, -0.15) is 0 Å². The van der Waals surface area contributed by atoms with Gasteiger partial charge in [0.15, 0.2) is 0 Å². The Morgan fingerprint density at radius 3 is 2.59 bits per heavy atom. The fourth-order valence-corrected chi connectivity index (χ4v) is 2.09. The largest absolute Gasteiger partial charge is 0.449 e. The van der Waals surface area contributed by atoms with Crippen molar-refractivity contribution in [2.75, 3.05) is 17.7 Å². The summed E-state index contributed by atoms with van der Waals surface area (Å²) in [5.41, 5.74) is 6.93. The predicted molar refractivity (Wildman–Crippen MR) is 67.8 cm³/mol. The van der Waals surface area contributed by atoms with E-state index < -0.39 is 0 Å². The number of carbonyl (C=O) groups excluding carboxylic acids is 1. The van der Waals surface area contributed by atoms with Crippen LogP contribution in [-0.4, -0.2) is 12.7 Å². The molecular formula is C13H18N2O2. The summed E-state index contributed by atoms with van der Waals surface area (Å²) in [6, 6.07) is 7.00. The van der Waals surface area contributed by atoms with E-state index in [0.717, 1.165) is 0 Å². The molecule has 1 amide bonds. The van der Waals surface area contributed by atoms with Gasteiger partial charge in [-0.05, 0) is 43.0 Å². The van der Waals surface area contributed by atoms with Crippen LogP contribution in [0.2, 0.25) is 0 Å². The lowest BCUT2D eigenvalue weighted by Gasteiger charge is -2.10. The molecule has 1 saturated carbocycles. The van der Waals surface area contributed by atoms with Crippen molar-refractivity contribution in [3.8, 4) is 0 Å². The van der Waals surface area contributed by atoms with Gasteiger partial charge < -0.3 is 10.5 Å². The minimum absolute atomic E-state index is 0.387. The molecule has 3 N–H and O–H groups in total. The highest BCUT2D eigenvalue weighted by molar-refractivity contribution is 5.84. The summed E-state index contributed by atoms with van der Waals surface area (Å²) in [7, 11) is 0. The lowest BCUT2D eigenvalue weighted by Crippen LogP contribution is -2.17. The summed E-state index contributed by atoms with van der Waals surface area (Å²) in [5, 5.41) is 2.68. The zero-order valence-corrected chi connectivity index (χ0v) is 9.82. The van der Waals surface area contributed by atoms with Gasteiger partial charge in [0.2, 0.25) is 0 Å². The molecule has 0 heterocycles. The Bertz CT molecular complexity index is 370. The van der Waals surface area contributed by atoms with Crippen molar-refractivity contribution in [3.05, 3.63) is 24.3 Å². The van der Waals surface area contributed by atoms with Gasteiger partial charge in [-0.1, -0.05) is 12.8 Å². The molecule has 1 fully saturated rings. The Morgan fingerprint density at radius 2 is 1.94 bits per heavy atom. The van der Waals surface area contributed by atoms with Crippen molar-refractivity contribution >= 4 is 17.5 Å². The fourth-order valence-electron chi connectivity index (χ4n) is 2.09. The van der Waals surface area contributed by atoms with E-state index >= 15 is 0 Å². The molecule has 1 aliphatic carbocycles. The molecule has 0 aliphatic heterocycles. The van der Waals surface area contributed by atoms with Gasteiger partial charge in [0.25, 0.3) is 0 Å². The molecule has 0 spiro atoms. The van der Waals surface area contributed by atoms with Crippen LogP contribution in [0, 0.1) is 5.92 Å². The number of nitrogen functional groups attached to an aromatic ring is 1. The van der Waals surface area contributed by atoms with Crippen molar-refractivity contribution < 1.29 is 9.53 Å². The van der Waals surface area contributed by atoms with Gasteiger partial charge >= 0.3 is 6.09 Å². The average molecular weight is 234 g/mol. The van der Waals surface area contributed by atoms with E-state index in [1.54, 1.807) is 24.3 Å². The number of hydrogen-bond acceptors (Lipinski definition) is 3. The zero-order chi connectivity index (χ0) is 12.1. The second kappa shape index (κ2) is 5.57. The van der Waals surface area contributed by atoms with Gasteiger partial charge in [-0.25, -0.2) is 4.79 Å². The van der Waals surface area contributed by atoms with Crippen LogP contribution in [0.15, 0.2) is 24.3 Å². The minimum Gasteiger partial charge on any atom is -0.449 e. The van der Waals surface area contributed by atoms with Gasteiger partial charge in [-0.15, -0.1) is 0 Å². The highest BCUT2D eigenvalue weighted by Gasteiger charge is 2.16. The van der Waals surface area contributed by atoms with E-state index in [2.05, 4.69) is 5.32 Å². The summed E-state index contributed by atoms with van der Waals surface area (Å²) in [5.74, 6) is 0.548. The van der Waals surface area contributed by atoms with E-state index in [-0.39, 0.29) is 6.09 Å². The SMILES string of the molecule is Nc1ccc(NC(=O)OCC2CCCC2)cc1. The molecule has 2 rings (SSSR count). The Morgan fingerprint density at radius 1 is 1.29 bits per heavy atom. The van der Waals surface area contributed by atoms with Crippen LogP contribution < -0.4 is 11.1 Å². The molecule has 0 unspecified atom stereocenters. The molecule has 1 aromatic rings. The topological polar surface area (TPSA) is 64.3 Å². The highest BCUT2D eigenvalue weighted by Crippen LogP contribution is 2.24. The van der Waals surface area contributed by atoms with Crippen LogP contribution in [0.4, 0.5) is 16.2 Å². The Kier molecular flexibility index (Phi) is 3.85. The van der Waals surface area contributed by atoms with E-state index in [1.807, 2.05) is 0 Å². The first-order chi connectivity index (χ1) is 8.24. The highest BCUT2D eigenvalue weighted by atomic mass is 16.5. The summed E-state index contributed by atoms with van der Waals surface area (Å²) in [4.78, 5) is 11.5. The van der Waals surface area contributed by atoms with Crippen LogP contribution in [0.25, 0.3) is 0 Å². The van der Waals surface area contributed by atoms with Gasteiger partial charge in [-0.3, -0.25) is 5.32 Å². The zero-order valence-electron chi connectivity index (χ0n) is 9.82. The fraction of sp³-hybridized carbons (Fsp3) is 0.462. The number of carbonyl (C=O) groups is 1. The summed E-state index contributed by atoms with van der Waals surface area (Å²) in [6.07, 6.45) is 4.48. The molecular weight excluding hydrogens is 216 g/mol. The van der Waals surface area contributed by atoms with E-state index in [9.17, 15) is 4.79 Å². The summed E-state index contributed by atoms with van der Waals surface area (Å²) >= 11 is 0. The molecule has 92 valence electrons. The minimum atomic E-state index is -0.387. The number of ether oxygens (including phenoxy) is 1. The average Bonchev–Trinajstić information content (AvgIpc) is 2.83. The molecule has 17 heavy (non-hydrogen) atoms. The molecule has 1 aliphatic rings. The van der Waals surface area contributed by atoms with Crippen molar-refractivity contribution in [2.24, 2.45) is 5.92 Å². The lowest BCUT2D eigenvalue weighted by molar-refractivity contribution is 0.142. The third-order valence-electron chi connectivity index (χ3n) is 3.08. The van der Waals surface area contributed by atoms with Crippen LogP contribution in [0.3, 0.4) is 0 Å². The number of amides is 1. The van der Waals surface area contributed by atoms with E-state index in [1.165, 1.54) is 25.7 Å². The Hall–Kier alpha value is -1.71. The van der Waals surface area contributed by atoms with Crippen molar-refractivity contribution in [2.45, 2.75) is 25.7 Å². The second-order valence-electron chi connectivity index (χ2n) is 4.50. The first kappa shape index (κ1) is 11.8. The molecule has 1 aromatic carbocycles. The standard InChI is InChI=1S/C13H18N2O2/c14-11-5-7-12(8-6-11)15-13(16)17-9-10-3-1-2-4-10/h5-8,10H,1-4,9,14H2,(H,15,16). The maximum atomic E-state index is 11.5. The molecule has 0 saturated heterocycles. The molecule has 4 heteroatoms. The molecule has 4 nitrogen and oxygen atoms in total. The third-order valence-corrected chi connectivity index (χ3v) is 3.08. The number of benzene rings is 1. The summed E-state index contributed by atoms with van der Waals surface area (Å²) in [6.45, 7) is 0.529. The van der Waals surface area contributed by atoms with Crippen LogP contribution in [0.5, 0.6) is 0 Å². The van der Waals surface area contributed by atoms with E-state index in [4.69, 9.17) is 10.5 Å². The number of rotatable bonds is 3. The molecule has 0 atom stereocenters. The quantitative estimate of drug-likeness (QED) is 0.790. The van der Waals surface area contributed by atoms with Crippen molar-refractivity contribution in [1.29, 1.82) is 0 Å². The Labute approximate surface area is 101 Å². The summed E-state index contributed by atoms with van der Waals surface area (Å²) < 4.78 is 5.18. The van der Waals surface area contributed by atoms with Crippen molar-refractivity contribution in [3.63, 3.8) is 0 Å². The molecule has 0 bridgehead atoms. The van der Waals surface area contributed by atoms with E-state index in [0.29, 0.717) is 23.9 Å². The maximum Gasteiger partial charge on any atom is 0.411 e. The van der Waals surface area contributed by atoms with Crippen LogP contribution in [0.1, 0.15) is 25.7 Å². The number of anilines is 2. The smallest absolute Gasteiger partial charge is 0.411 e. The van der Waals surface area contributed by atoms with Crippen LogP contribution >= 0.6 is 0 Å². The number of nitrogens with one attached hydrogen (secondary N) is 1. The van der Waals surface area contributed by atoms with Crippen LogP contribution in [-0.2, 0) is 4.74 Å².